The van der Waals surface area contributed by atoms with Gasteiger partial charge in [0.15, 0.2) is 0 Å². The molecule has 3 unspecified atom stereocenters. The number of carbonyl (C=O) groups excluding carboxylic acids is 1. The van der Waals surface area contributed by atoms with E-state index in [1.807, 2.05) is 13.1 Å². The molecular weight excluding hydrogens is 310 g/mol. The summed E-state index contributed by atoms with van der Waals surface area (Å²) in [5.41, 5.74) is 0. The van der Waals surface area contributed by atoms with Gasteiger partial charge in [-0.25, -0.2) is 4.98 Å². The summed E-state index contributed by atoms with van der Waals surface area (Å²) in [5.74, 6) is 2.56. The maximum atomic E-state index is 11.5. The van der Waals surface area contributed by atoms with Gasteiger partial charge in [0, 0.05) is 12.6 Å². The summed E-state index contributed by atoms with van der Waals surface area (Å²) in [7, 11) is 0. The van der Waals surface area contributed by atoms with Crippen LogP contribution in [0.2, 0.25) is 0 Å². The van der Waals surface area contributed by atoms with Gasteiger partial charge in [0.25, 0.3) is 0 Å². The third kappa shape index (κ3) is 3.79. The molecule has 1 aromatic rings. The largest absolute Gasteiger partial charge is 0.465 e. The van der Waals surface area contributed by atoms with Gasteiger partial charge in [-0.1, -0.05) is 31.5 Å². The van der Waals surface area contributed by atoms with E-state index in [0.717, 1.165) is 29.2 Å². The molecule has 0 bridgehead atoms. The van der Waals surface area contributed by atoms with E-state index in [0.29, 0.717) is 12.6 Å². The number of hydrogen-bond acceptors (Lipinski definition) is 6. The summed E-state index contributed by atoms with van der Waals surface area (Å²) in [4.78, 5) is 23.0. The van der Waals surface area contributed by atoms with Crippen LogP contribution in [0.4, 0.5) is 5.82 Å². The summed E-state index contributed by atoms with van der Waals surface area (Å²) in [6.45, 7) is 5.66. The van der Waals surface area contributed by atoms with Gasteiger partial charge in [-0.3, -0.25) is 9.78 Å². The van der Waals surface area contributed by atoms with E-state index in [1.165, 1.54) is 37.4 Å². The number of rotatable bonds is 5. The van der Waals surface area contributed by atoms with E-state index in [4.69, 9.17) is 9.72 Å². The molecule has 0 radical (unpaired) electrons. The van der Waals surface area contributed by atoms with Gasteiger partial charge >= 0.3 is 5.97 Å². The van der Waals surface area contributed by atoms with Crippen molar-refractivity contribution in [3.8, 4) is 0 Å². The first-order valence-corrected chi connectivity index (χ1v) is 9.54. The van der Waals surface area contributed by atoms with Gasteiger partial charge in [0.1, 0.15) is 10.8 Å². The third-order valence-corrected chi connectivity index (χ3v) is 5.81. The topological polar surface area (TPSA) is 55.3 Å². The summed E-state index contributed by atoms with van der Waals surface area (Å²) in [6, 6.07) is 0.610. The summed E-state index contributed by atoms with van der Waals surface area (Å²) < 4.78 is 4.96. The molecule has 2 heterocycles. The normalized spacial score (nSPS) is 26.9. The van der Waals surface area contributed by atoms with E-state index in [-0.39, 0.29) is 11.7 Å². The van der Waals surface area contributed by atoms with Crippen LogP contribution in [0.3, 0.4) is 0 Å². The number of nitrogens with zero attached hydrogens (tertiary/aromatic N) is 3. The Kier molecular flexibility index (Phi) is 5.41. The van der Waals surface area contributed by atoms with Crippen molar-refractivity contribution >= 4 is 23.5 Å². The van der Waals surface area contributed by atoms with Crippen molar-refractivity contribution in [1.82, 2.24) is 9.97 Å². The molecule has 1 aliphatic carbocycles. The summed E-state index contributed by atoms with van der Waals surface area (Å²) in [5, 5.41) is 0.794. The first-order chi connectivity index (χ1) is 11.2. The highest BCUT2D eigenvalue weighted by Crippen LogP contribution is 2.41. The highest BCUT2D eigenvalue weighted by Gasteiger charge is 2.41. The Morgan fingerprint density at radius 3 is 3.04 bits per heavy atom. The lowest BCUT2D eigenvalue weighted by molar-refractivity contribution is -0.139. The molecular formula is C17H25N3O2S. The molecule has 3 rings (SSSR count). The van der Waals surface area contributed by atoms with E-state index < -0.39 is 0 Å². The fourth-order valence-corrected chi connectivity index (χ4v) is 4.56. The van der Waals surface area contributed by atoms with Gasteiger partial charge < -0.3 is 9.64 Å². The Balaban J connectivity index is 1.68. The maximum absolute atomic E-state index is 11.5. The van der Waals surface area contributed by atoms with Crippen molar-refractivity contribution in [1.29, 1.82) is 0 Å². The van der Waals surface area contributed by atoms with Gasteiger partial charge in [-0.05, 0) is 31.6 Å². The predicted molar refractivity (Wildman–Crippen MR) is 91.6 cm³/mol. The van der Waals surface area contributed by atoms with Crippen LogP contribution in [0, 0.1) is 11.8 Å². The number of esters is 1. The van der Waals surface area contributed by atoms with E-state index in [9.17, 15) is 4.79 Å². The van der Waals surface area contributed by atoms with Crippen molar-refractivity contribution in [3.63, 3.8) is 0 Å². The molecule has 2 fully saturated rings. The maximum Gasteiger partial charge on any atom is 0.316 e. The van der Waals surface area contributed by atoms with Crippen molar-refractivity contribution in [2.24, 2.45) is 11.8 Å². The molecule has 2 aliphatic rings. The number of carbonyl (C=O) groups is 1. The van der Waals surface area contributed by atoms with Crippen molar-refractivity contribution in [3.05, 3.63) is 12.4 Å². The molecule has 5 nitrogen and oxygen atoms in total. The Labute approximate surface area is 142 Å². The van der Waals surface area contributed by atoms with Crippen LogP contribution in [0.25, 0.3) is 0 Å². The van der Waals surface area contributed by atoms with Crippen LogP contribution >= 0.6 is 11.8 Å². The standard InChI is InChI=1S/C17H25N3O2S/c1-3-22-17(21)11-23-16-9-18-8-15(19-16)20-10-12(2)13-6-4-5-7-14(13)20/h8-9,12-14H,3-7,10-11H2,1-2H3. The van der Waals surface area contributed by atoms with Crippen LogP contribution < -0.4 is 4.90 Å². The molecule has 3 atom stereocenters. The minimum absolute atomic E-state index is 0.202. The molecule has 0 spiro atoms. The lowest BCUT2D eigenvalue weighted by Gasteiger charge is -2.32. The zero-order valence-corrected chi connectivity index (χ0v) is 14.7. The number of fused-ring (bicyclic) bond motifs is 1. The van der Waals surface area contributed by atoms with Crippen LogP contribution in [0.1, 0.15) is 39.5 Å². The fourth-order valence-electron chi connectivity index (χ4n) is 3.92. The first-order valence-electron chi connectivity index (χ1n) is 8.56. The lowest BCUT2D eigenvalue weighted by Crippen LogP contribution is -2.35. The van der Waals surface area contributed by atoms with Gasteiger partial charge in [0.05, 0.1) is 24.8 Å². The second-order valence-electron chi connectivity index (χ2n) is 6.45. The monoisotopic (exact) mass is 335 g/mol. The minimum atomic E-state index is -0.202. The average Bonchev–Trinajstić information content (AvgIpc) is 2.91. The SMILES string of the molecule is CCOC(=O)CSc1cncc(N2CC(C)C3CCCCC32)n1. The molecule has 6 heteroatoms. The highest BCUT2D eigenvalue weighted by atomic mass is 32.2. The highest BCUT2D eigenvalue weighted by molar-refractivity contribution is 7.99. The van der Waals surface area contributed by atoms with Gasteiger partial charge in [-0.2, -0.15) is 0 Å². The zero-order valence-electron chi connectivity index (χ0n) is 13.9. The summed E-state index contributed by atoms with van der Waals surface area (Å²) in [6.07, 6.45) is 8.86. The van der Waals surface area contributed by atoms with Crippen molar-refractivity contribution in [2.75, 3.05) is 23.8 Å². The number of anilines is 1. The Morgan fingerprint density at radius 2 is 2.22 bits per heavy atom. The fraction of sp³-hybridized carbons (Fsp3) is 0.706. The second kappa shape index (κ2) is 7.51. The quantitative estimate of drug-likeness (QED) is 0.609. The molecule has 1 aliphatic heterocycles. The molecule has 23 heavy (non-hydrogen) atoms. The lowest BCUT2D eigenvalue weighted by atomic mass is 9.80. The molecule has 0 N–H and O–H groups in total. The predicted octanol–water partition coefficient (Wildman–Crippen LogP) is 3.15. The van der Waals surface area contributed by atoms with Gasteiger partial charge in [0.2, 0.25) is 0 Å². The Morgan fingerprint density at radius 1 is 1.39 bits per heavy atom. The minimum Gasteiger partial charge on any atom is -0.465 e. The second-order valence-corrected chi connectivity index (χ2v) is 7.45. The van der Waals surface area contributed by atoms with Crippen LogP contribution in [-0.4, -0.2) is 40.9 Å². The van der Waals surface area contributed by atoms with Crippen molar-refractivity contribution < 1.29 is 9.53 Å². The van der Waals surface area contributed by atoms with Crippen LogP contribution in [0.15, 0.2) is 17.4 Å². The molecule has 126 valence electrons. The molecule has 1 saturated heterocycles. The Hall–Kier alpha value is -1.30. The number of hydrogen-bond donors (Lipinski definition) is 0. The number of ether oxygens (including phenoxy) is 1. The van der Waals surface area contributed by atoms with Crippen molar-refractivity contribution in [2.45, 2.75) is 50.6 Å². The molecule has 1 aromatic heterocycles. The molecule has 1 saturated carbocycles. The molecule has 0 amide bonds. The van der Waals surface area contributed by atoms with E-state index >= 15 is 0 Å². The van der Waals surface area contributed by atoms with Crippen LogP contribution in [-0.2, 0) is 9.53 Å². The van der Waals surface area contributed by atoms with E-state index in [2.05, 4.69) is 16.8 Å². The van der Waals surface area contributed by atoms with E-state index in [1.54, 1.807) is 6.20 Å². The average molecular weight is 335 g/mol. The first kappa shape index (κ1) is 16.6. The van der Waals surface area contributed by atoms with Crippen LogP contribution in [0.5, 0.6) is 0 Å². The zero-order chi connectivity index (χ0) is 16.2. The summed E-state index contributed by atoms with van der Waals surface area (Å²) >= 11 is 1.40. The Bertz CT molecular complexity index is 554. The smallest absolute Gasteiger partial charge is 0.316 e. The number of aromatic nitrogens is 2. The molecule has 0 aromatic carbocycles. The third-order valence-electron chi connectivity index (χ3n) is 4.93. The van der Waals surface area contributed by atoms with Gasteiger partial charge in [-0.15, -0.1) is 0 Å². The number of thioether (sulfide) groups is 1.